The van der Waals surface area contributed by atoms with Gasteiger partial charge >= 0.3 is 0 Å². The van der Waals surface area contributed by atoms with E-state index < -0.39 is 0 Å². The van der Waals surface area contributed by atoms with Gasteiger partial charge in [0.05, 0.1) is 5.10 Å². The minimum absolute atomic E-state index is 0.175. The van der Waals surface area contributed by atoms with Gasteiger partial charge in [-0.3, -0.25) is 4.79 Å². The van der Waals surface area contributed by atoms with Crippen LogP contribution < -0.4 is 10.2 Å². The van der Waals surface area contributed by atoms with Gasteiger partial charge in [-0.05, 0) is 29.1 Å². The minimum Gasteiger partial charge on any atom is -0.266 e. The maximum absolute atomic E-state index is 12.4. The summed E-state index contributed by atoms with van der Waals surface area (Å²) in [5, 5.41) is 4.49. The molecule has 1 N–H and O–H groups in total. The summed E-state index contributed by atoms with van der Waals surface area (Å²) in [4.78, 5) is 15.7. The lowest BCUT2D eigenvalue weighted by molar-refractivity contribution is -0.726. The van der Waals surface area contributed by atoms with E-state index in [0.717, 1.165) is 17.1 Å². The normalized spacial score (nSPS) is 10.5. The number of rotatable bonds is 3. The zero-order chi connectivity index (χ0) is 15.5. The standard InChI is InChI=1S/C17H16N4O/c1-13-14(2)20(19-17(22)15-9-5-3-6-10-15)21(18-13)16-11-7-4-8-12-16/h3-12H,1-2H3/p+1. The first-order valence-corrected chi connectivity index (χ1v) is 7.07. The van der Waals surface area contributed by atoms with Crippen molar-refractivity contribution in [2.75, 3.05) is 5.43 Å². The van der Waals surface area contributed by atoms with Gasteiger partial charge in [-0.15, -0.1) is 0 Å². The van der Waals surface area contributed by atoms with E-state index in [4.69, 9.17) is 0 Å². The molecule has 0 aliphatic rings. The fraction of sp³-hybridized carbons (Fsp3) is 0.118. The number of hydrogen-bond donors (Lipinski definition) is 1. The highest BCUT2D eigenvalue weighted by Gasteiger charge is 2.23. The van der Waals surface area contributed by atoms with Crippen LogP contribution in [0, 0.1) is 13.8 Å². The number of nitrogens with zero attached hydrogens (tertiary/aromatic N) is 3. The summed E-state index contributed by atoms with van der Waals surface area (Å²) in [5.41, 5.74) is 6.12. The number of hydrogen-bond acceptors (Lipinski definition) is 2. The molecule has 110 valence electrons. The fourth-order valence-corrected chi connectivity index (χ4v) is 2.17. The Morgan fingerprint density at radius 2 is 1.59 bits per heavy atom. The van der Waals surface area contributed by atoms with Gasteiger partial charge in [-0.1, -0.05) is 36.4 Å². The van der Waals surface area contributed by atoms with Gasteiger partial charge in [0.1, 0.15) is 5.69 Å². The zero-order valence-corrected chi connectivity index (χ0v) is 12.5. The molecule has 0 radical (unpaired) electrons. The number of nitrogens with one attached hydrogen (secondary N) is 1. The molecule has 5 heteroatoms. The average molecular weight is 293 g/mol. The molecule has 0 saturated carbocycles. The summed E-state index contributed by atoms with van der Waals surface area (Å²) >= 11 is 0. The van der Waals surface area contributed by atoms with E-state index in [-0.39, 0.29) is 5.91 Å². The van der Waals surface area contributed by atoms with Crippen LogP contribution in [0.3, 0.4) is 0 Å². The molecular formula is C17H17N4O+. The molecule has 0 unspecified atom stereocenters. The van der Waals surface area contributed by atoms with Crippen LogP contribution in [0.2, 0.25) is 0 Å². The number of amides is 1. The van der Waals surface area contributed by atoms with Crippen molar-refractivity contribution in [1.82, 2.24) is 9.90 Å². The summed E-state index contributed by atoms with van der Waals surface area (Å²) in [6.07, 6.45) is 0. The van der Waals surface area contributed by atoms with Crippen molar-refractivity contribution in [2.24, 2.45) is 0 Å². The van der Waals surface area contributed by atoms with Crippen LogP contribution in [-0.2, 0) is 0 Å². The topological polar surface area (TPSA) is 50.8 Å². The number of aryl methyl sites for hydroxylation is 1. The lowest BCUT2D eigenvalue weighted by Gasteiger charge is -2.05. The molecule has 0 atom stereocenters. The first-order valence-electron chi connectivity index (χ1n) is 7.07. The summed E-state index contributed by atoms with van der Waals surface area (Å²) in [6.45, 7) is 3.84. The summed E-state index contributed by atoms with van der Waals surface area (Å²) in [6, 6.07) is 18.8. The van der Waals surface area contributed by atoms with Crippen LogP contribution in [0.1, 0.15) is 21.7 Å². The van der Waals surface area contributed by atoms with Crippen LogP contribution in [0.15, 0.2) is 60.7 Å². The van der Waals surface area contributed by atoms with Crippen molar-refractivity contribution in [3.8, 4) is 5.69 Å². The maximum atomic E-state index is 12.4. The highest BCUT2D eigenvalue weighted by atomic mass is 16.2. The Morgan fingerprint density at radius 1 is 1.00 bits per heavy atom. The third-order valence-electron chi connectivity index (χ3n) is 3.51. The number of benzene rings is 2. The molecule has 0 aliphatic carbocycles. The van der Waals surface area contributed by atoms with Crippen LogP contribution >= 0.6 is 0 Å². The SMILES string of the molecule is Cc1nn(-c2ccccc2)[n+](NC(=O)c2ccccc2)c1C. The molecule has 1 aromatic heterocycles. The Labute approximate surface area is 128 Å². The van der Waals surface area contributed by atoms with Gasteiger partial charge < -0.3 is 0 Å². The van der Waals surface area contributed by atoms with Crippen molar-refractivity contribution in [2.45, 2.75) is 13.8 Å². The Kier molecular flexibility index (Phi) is 3.70. The Morgan fingerprint density at radius 3 is 2.23 bits per heavy atom. The smallest absolute Gasteiger partial charge is 0.266 e. The van der Waals surface area contributed by atoms with Crippen molar-refractivity contribution >= 4 is 5.91 Å². The highest BCUT2D eigenvalue weighted by molar-refractivity contribution is 5.98. The third-order valence-corrected chi connectivity index (χ3v) is 3.51. The predicted molar refractivity (Wildman–Crippen MR) is 83.4 cm³/mol. The van der Waals surface area contributed by atoms with Gasteiger partial charge in [0.2, 0.25) is 5.69 Å². The molecule has 0 spiro atoms. The molecular weight excluding hydrogens is 276 g/mol. The quantitative estimate of drug-likeness (QED) is 0.752. The second-order valence-electron chi connectivity index (χ2n) is 5.01. The van der Waals surface area contributed by atoms with Crippen LogP contribution in [0.4, 0.5) is 0 Å². The molecule has 0 aliphatic heterocycles. The first-order chi connectivity index (χ1) is 10.7. The molecule has 0 fully saturated rings. The summed E-state index contributed by atoms with van der Waals surface area (Å²) in [5.74, 6) is -0.175. The lowest BCUT2D eigenvalue weighted by Crippen LogP contribution is -2.56. The van der Waals surface area contributed by atoms with Gasteiger partial charge in [0, 0.05) is 24.2 Å². The number of carbonyl (C=O) groups is 1. The van der Waals surface area contributed by atoms with Crippen LogP contribution in [0.25, 0.3) is 5.69 Å². The number of carbonyl (C=O) groups excluding carboxylic acids is 1. The number of aromatic nitrogens is 3. The second kappa shape index (κ2) is 5.81. The number of para-hydroxylation sites is 1. The van der Waals surface area contributed by atoms with Crippen molar-refractivity contribution < 1.29 is 9.59 Å². The zero-order valence-electron chi connectivity index (χ0n) is 12.5. The van der Waals surface area contributed by atoms with Crippen LogP contribution in [-0.4, -0.2) is 15.8 Å². The van der Waals surface area contributed by atoms with E-state index in [9.17, 15) is 4.79 Å². The van der Waals surface area contributed by atoms with Gasteiger partial charge in [-0.2, -0.15) is 5.43 Å². The molecule has 5 nitrogen and oxygen atoms in total. The van der Waals surface area contributed by atoms with E-state index in [0.29, 0.717) is 5.56 Å². The summed E-state index contributed by atoms with van der Waals surface area (Å²) < 4.78 is 0. The maximum Gasteiger partial charge on any atom is 0.288 e. The van der Waals surface area contributed by atoms with E-state index in [1.54, 1.807) is 21.7 Å². The average Bonchev–Trinajstić information content (AvgIpc) is 2.85. The summed E-state index contributed by atoms with van der Waals surface area (Å²) in [7, 11) is 0. The second-order valence-corrected chi connectivity index (χ2v) is 5.01. The van der Waals surface area contributed by atoms with E-state index in [2.05, 4.69) is 10.5 Å². The third kappa shape index (κ3) is 2.61. The molecule has 22 heavy (non-hydrogen) atoms. The Balaban J connectivity index is 1.99. The largest absolute Gasteiger partial charge is 0.288 e. The predicted octanol–water partition coefficient (Wildman–Crippen LogP) is 2.16. The lowest BCUT2D eigenvalue weighted by atomic mass is 10.2. The monoisotopic (exact) mass is 293 g/mol. The molecule has 0 bridgehead atoms. The van der Waals surface area contributed by atoms with Crippen molar-refractivity contribution in [3.05, 3.63) is 77.6 Å². The molecule has 1 heterocycles. The Hall–Kier alpha value is -2.95. The van der Waals surface area contributed by atoms with Crippen molar-refractivity contribution in [3.63, 3.8) is 0 Å². The van der Waals surface area contributed by atoms with E-state index in [1.165, 1.54) is 0 Å². The molecule has 3 aromatic rings. The van der Waals surface area contributed by atoms with Crippen molar-refractivity contribution in [1.29, 1.82) is 0 Å². The van der Waals surface area contributed by atoms with Gasteiger partial charge in [-0.25, -0.2) is 0 Å². The van der Waals surface area contributed by atoms with E-state index in [1.807, 2.05) is 62.4 Å². The van der Waals surface area contributed by atoms with Gasteiger partial charge in [0.25, 0.3) is 5.91 Å². The van der Waals surface area contributed by atoms with Gasteiger partial charge in [0.15, 0.2) is 5.69 Å². The fourth-order valence-electron chi connectivity index (χ4n) is 2.17. The Bertz CT molecular complexity index is 794. The van der Waals surface area contributed by atoms with Crippen LogP contribution in [0.5, 0.6) is 0 Å². The molecule has 2 aromatic carbocycles. The highest BCUT2D eigenvalue weighted by Crippen LogP contribution is 2.06. The van der Waals surface area contributed by atoms with E-state index >= 15 is 0 Å². The first kappa shape index (κ1) is 14.0. The minimum atomic E-state index is -0.175. The molecule has 3 rings (SSSR count). The molecule has 1 amide bonds. The molecule has 0 saturated heterocycles.